The fourth-order valence-electron chi connectivity index (χ4n) is 1.61. The molecule has 98 valence electrons. The minimum absolute atomic E-state index is 0.0577. The van der Waals surface area contributed by atoms with E-state index < -0.39 is 0 Å². The summed E-state index contributed by atoms with van der Waals surface area (Å²) >= 11 is 0. The molecule has 0 saturated heterocycles. The standard InChI is InChI=1S/C14H20N2O2/c1-9(2)18-12-6-5-10(3)11(7-12)8-13(15)14(17)16-4/h5-7,9,15H,8H2,1-4H3,(H,16,17). The molecule has 0 aromatic heterocycles. The summed E-state index contributed by atoms with van der Waals surface area (Å²) in [6.45, 7) is 5.89. The van der Waals surface area contributed by atoms with Crippen LogP contribution in [0.4, 0.5) is 0 Å². The van der Waals surface area contributed by atoms with Gasteiger partial charge in [-0.2, -0.15) is 0 Å². The molecule has 0 radical (unpaired) electrons. The third-order valence-corrected chi connectivity index (χ3v) is 2.56. The van der Waals surface area contributed by atoms with Gasteiger partial charge in [-0.25, -0.2) is 0 Å². The first-order valence-electron chi connectivity index (χ1n) is 5.99. The van der Waals surface area contributed by atoms with E-state index in [0.717, 1.165) is 16.9 Å². The number of rotatable bonds is 5. The lowest BCUT2D eigenvalue weighted by Gasteiger charge is -2.13. The smallest absolute Gasteiger partial charge is 0.265 e. The second kappa shape index (κ2) is 6.19. The highest BCUT2D eigenvalue weighted by Gasteiger charge is 2.10. The van der Waals surface area contributed by atoms with Crippen molar-refractivity contribution in [2.45, 2.75) is 33.3 Å². The van der Waals surface area contributed by atoms with Gasteiger partial charge < -0.3 is 10.1 Å². The highest BCUT2D eigenvalue weighted by atomic mass is 16.5. The van der Waals surface area contributed by atoms with Crippen LogP contribution >= 0.6 is 0 Å². The summed E-state index contributed by atoms with van der Waals surface area (Å²) in [5, 5.41) is 10.1. The van der Waals surface area contributed by atoms with Crippen LogP contribution in [0.3, 0.4) is 0 Å². The van der Waals surface area contributed by atoms with Gasteiger partial charge in [0, 0.05) is 13.5 Å². The fourth-order valence-corrected chi connectivity index (χ4v) is 1.61. The Bertz CT molecular complexity index is 453. The fraction of sp³-hybridized carbons (Fsp3) is 0.429. The van der Waals surface area contributed by atoms with Gasteiger partial charge in [0.25, 0.3) is 5.91 Å². The summed E-state index contributed by atoms with van der Waals surface area (Å²) in [4.78, 5) is 11.3. The topological polar surface area (TPSA) is 62.2 Å². The van der Waals surface area contributed by atoms with Crippen LogP contribution in [0.5, 0.6) is 5.75 Å². The van der Waals surface area contributed by atoms with Crippen LogP contribution in [-0.4, -0.2) is 24.8 Å². The molecule has 1 aromatic rings. The van der Waals surface area contributed by atoms with Gasteiger partial charge in [-0.3, -0.25) is 10.2 Å². The van der Waals surface area contributed by atoms with E-state index in [1.807, 2.05) is 39.0 Å². The molecular weight excluding hydrogens is 228 g/mol. The van der Waals surface area contributed by atoms with Crippen molar-refractivity contribution in [1.82, 2.24) is 5.32 Å². The van der Waals surface area contributed by atoms with Crippen LogP contribution in [0.15, 0.2) is 18.2 Å². The normalized spacial score (nSPS) is 10.3. The van der Waals surface area contributed by atoms with Gasteiger partial charge in [0.15, 0.2) is 0 Å². The van der Waals surface area contributed by atoms with Gasteiger partial charge in [-0.15, -0.1) is 0 Å². The lowest BCUT2D eigenvalue weighted by atomic mass is 10.0. The number of benzene rings is 1. The molecule has 0 aliphatic heterocycles. The molecule has 0 atom stereocenters. The van der Waals surface area contributed by atoms with Gasteiger partial charge >= 0.3 is 0 Å². The van der Waals surface area contributed by atoms with Gasteiger partial charge in [-0.05, 0) is 44.0 Å². The first-order chi connectivity index (χ1) is 8.43. The zero-order valence-electron chi connectivity index (χ0n) is 11.3. The van der Waals surface area contributed by atoms with Crippen molar-refractivity contribution >= 4 is 11.6 Å². The number of carbonyl (C=O) groups is 1. The van der Waals surface area contributed by atoms with Crippen molar-refractivity contribution in [3.05, 3.63) is 29.3 Å². The Balaban J connectivity index is 2.87. The van der Waals surface area contributed by atoms with Crippen molar-refractivity contribution in [1.29, 1.82) is 5.41 Å². The van der Waals surface area contributed by atoms with E-state index in [-0.39, 0.29) is 17.7 Å². The van der Waals surface area contributed by atoms with Gasteiger partial charge in [-0.1, -0.05) is 6.07 Å². The number of ether oxygens (including phenoxy) is 1. The molecule has 2 N–H and O–H groups in total. The maximum Gasteiger partial charge on any atom is 0.265 e. The molecule has 18 heavy (non-hydrogen) atoms. The molecule has 0 unspecified atom stereocenters. The highest BCUT2D eigenvalue weighted by Crippen LogP contribution is 2.19. The Morgan fingerprint density at radius 1 is 1.44 bits per heavy atom. The molecule has 0 saturated carbocycles. The predicted octanol–water partition coefficient (Wildman–Crippen LogP) is 2.09. The number of carbonyl (C=O) groups excluding carboxylic acids is 1. The van der Waals surface area contributed by atoms with Gasteiger partial charge in [0.2, 0.25) is 0 Å². The highest BCUT2D eigenvalue weighted by molar-refractivity contribution is 6.37. The molecule has 1 amide bonds. The molecule has 0 fully saturated rings. The Morgan fingerprint density at radius 3 is 2.67 bits per heavy atom. The zero-order chi connectivity index (χ0) is 13.7. The Morgan fingerprint density at radius 2 is 2.11 bits per heavy atom. The Kier molecular flexibility index (Phi) is 4.89. The van der Waals surface area contributed by atoms with Gasteiger partial charge in [0.1, 0.15) is 11.5 Å². The predicted molar refractivity (Wildman–Crippen MR) is 72.4 cm³/mol. The van der Waals surface area contributed by atoms with Crippen LogP contribution in [0.1, 0.15) is 25.0 Å². The maximum absolute atomic E-state index is 11.3. The third-order valence-electron chi connectivity index (χ3n) is 2.56. The summed E-state index contributed by atoms with van der Waals surface area (Å²) < 4.78 is 5.61. The molecule has 1 aromatic carbocycles. The second-order valence-corrected chi connectivity index (χ2v) is 4.49. The maximum atomic E-state index is 11.3. The van der Waals surface area contributed by atoms with Crippen molar-refractivity contribution in [2.75, 3.05) is 7.05 Å². The Labute approximate surface area is 108 Å². The lowest BCUT2D eigenvalue weighted by Crippen LogP contribution is -2.28. The molecule has 4 nitrogen and oxygen atoms in total. The number of amides is 1. The van der Waals surface area contributed by atoms with Crippen molar-refractivity contribution in [3.8, 4) is 5.75 Å². The molecule has 0 aliphatic rings. The van der Waals surface area contributed by atoms with E-state index in [9.17, 15) is 4.79 Å². The van der Waals surface area contributed by atoms with E-state index in [1.165, 1.54) is 7.05 Å². The third kappa shape index (κ3) is 3.87. The summed E-state index contributed by atoms with van der Waals surface area (Å²) in [6.07, 6.45) is 0.430. The molecule has 0 bridgehead atoms. The summed E-state index contributed by atoms with van der Waals surface area (Å²) in [5.74, 6) is 0.430. The number of aryl methyl sites for hydroxylation is 1. The van der Waals surface area contributed by atoms with Gasteiger partial charge in [0.05, 0.1) is 6.10 Å². The summed E-state index contributed by atoms with van der Waals surface area (Å²) in [5.41, 5.74) is 2.06. The molecule has 0 spiro atoms. The molecule has 4 heteroatoms. The minimum atomic E-state index is -0.343. The first kappa shape index (κ1) is 14.2. The van der Waals surface area contributed by atoms with Crippen molar-refractivity contribution in [3.63, 3.8) is 0 Å². The average Bonchev–Trinajstić information content (AvgIpc) is 2.31. The van der Waals surface area contributed by atoms with E-state index in [2.05, 4.69) is 5.32 Å². The van der Waals surface area contributed by atoms with Crippen LogP contribution in [0, 0.1) is 12.3 Å². The number of nitrogens with one attached hydrogen (secondary N) is 2. The molecule has 1 rings (SSSR count). The SMILES string of the molecule is CNC(=O)C(=N)Cc1cc(OC(C)C)ccc1C. The quantitative estimate of drug-likeness (QED) is 0.784. The van der Waals surface area contributed by atoms with E-state index in [1.54, 1.807) is 0 Å². The monoisotopic (exact) mass is 248 g/mol. The molecular formula is C14H20N2O2. The van der Waals surface area contributed by atoms with E-state index in [0.29, 0.717) is 6.42 Å². The summed E-state index contributed by atoms with van der Waals surface area (Å²) in [6, 6.07) is 5.75. The number of hydrogen-bond donors (Lipinski definition) is 2. The number of hydrogen-bond acceptors (Lipinski definition) is 3. The van der Waals surface area contributed by atoms with Crippen LogP contribution < -0.4 is 10.1 Å². The van der Waals surface area contributed by atoms with Crippen molar-refractivity contribution < 1.29 is 9.53 Å². The second-order valence-electron chi connectivity index (χ2n) is 4.49. The first-order valence-corrected chi connectivity index (χ1v) is 5.99. The van der Waals surface area contributed by atoms with E-state index >= 15 is 0 Å². The molecule has 0 heterocycles. The Hall–Kier alpha value is -1.84. The zero-order valence-corrected chi connectivity index (χ0v) is 11.3. The molecule has 0 aliphatic carbocycles. The summed E-state index contributed by atoms with van der Waals surface area (Å²) in [7, 11) is 1.53. The lowest BCUT2D eigenvalue weighted by molar-refractivity contribution is -0.114. The minimum Gasteiger partial charge on any atom is -0.491 e. The van der Waals surface area contributed by atoms with Crippen LogP contribution in [0.2, 0.25) is 0 Å². The average molecular weight is 248 g/mol. The van der Waals surface area contributed by atoms with E-state index in [4.69, 9.17) is 10.1 Å². The van der Waals surface area contributed by atoms with Crippen molar-refractivity contribution in [2.24, 2.45) is 0 Å². The largest absolute Gasteiger partial charge is 0.491 e. The van der Waals surface area contributed by atoms with Crippen LogP contribution in [-0.2, 0) is 11.2 Å². The van der Waals surface area contributed by atoms with Crippen LogP contribution in [0.25, 0.3) is 0 Å².